The lowest BCUT2D eigenvalue weighted by atomic mass is 10.2. The monoisotopic (exact) mass is 455 g/mol. The number of para-hydroxylation sites is 1. The number of hydrogen-bond donors (Lipinski definition) is 3. The Morgan fingerprint density at radius 1 is 1.23 bits per heavy atom. The second kappa shape index (κ2) is 9.23. The van der Waals surface area contributed by atoms with Gasteiger partial charge in [-0.3, -0.25) is 4.79 Å². The van der Waals surface area contributed by atoms with Gasteiger partial charge in [0.1, 0.15) is 16.5 Å². The first-order valence-electron chi connectivity index (χ1n) is 9.67. The molecule has 31 heavy (non-hydrogen) atoms. The van der Waals surface area contributed by atoms with Crippen molar-refractivity contribution in [2.75, 3.05) is 35.3 Å². The van der Waals surface area contributed by atoms with Crippen molar-refractivity contribution < 1.29 is 4.79 Å². The number of nitrogens with two attached hydrogens (primary N) is 1. The Hall–Kier alpha value is -3.30. The van der Waals surface area contributed by atoms with Gasteiger partial charge in [0.05, 0.1) is 23.6 Å². The van der Waals surface area contributed by atoms with Crippen LogP contribution in [0.4, 0.5) is 22.5 Å². The maximum absolute atomic E-state index is 11.2. The zero-order valence-corrected chi connectivity index (χ0v) is 18.5. The third-order valence-corrected chi connectivity index (χ3v) is 5.94. The highest BCUT2D eigenvalue weighted by Crippen LogP contribution is 2.31. The molecule has 0 spiro atoms. The molecule has 1 amide bonds. The van der Waals surface area contributed by atoms with E-state index in [0.717, 1.165) is 41.8 Å². The molecule has 4 N–H and O–H groups in total. The molecular weight excluding hydrogens is 434 g/mol. The number of anilines is 4. The Balaban J connectivity index is 1.29. The average molecular weight is 456 g/mol. The summed E-state index contributed by atoms with van der Waals surface area (Å²) in [5, 5.41) is 7.75. The summed E-state index contributed by atoms with van der Waals surface area (Å²) in [5.41, 5.74) is 7.45. The van der Waals surface area contributed by atoms with E-state index in [-0.39, 0.29) is 0 Å². The SMILES string of the molecule is Cc1cccc(Cl)c1N1C=CN(CCNc2cccc(Nc3ncc(C(N)=O)s3)n2)C1. The highest BCUT2D eigenvalue weighted by molar-refractivity contribution is 7.17. The van der Waals surface area contributed by atoms with Gasteiger partial charge in [0.25, 0.3) is 5.91 Å². The fourth-order valence-electron chi connectivity index (χ4n) is 3.23. The average Bonchev–Trinajstić information content (AvgIpc) is 3.38. The summed E-state index contributed by atoms with van der Waals surface area (Å²) in [5.74, 6) is 0.892. The fraction of sp³-hybridized carbons (Fsp3) is 0.190. The molecule has 3 heterocycles. The number of aryl methyl sites for hydroxylation is 1. The van der Waals surface area contributed by atoms with Crippen LogP contribution in [0.25, 0.3) is 0 Å². The minimum Gasteiger partial charge on any atom is -0.368 e. The van der Waals surface area contributed by atoms with Gasteiger partial charge in [-0.25, -0.2) is 9.97 Å². The van der Waals surface area contributed by atoms with Crippen molar-refractivity contribution in [1.82, 2.24) is 14.9 Å². The van der Waals surface area contributed by atoms with Crippen LogP contribution in [0, 0.1) is 6.92 Å². The summed E-state index contributed by atoms with van der Waals surface area (Å²) >= 11 is 7.58. The Morgan fingerprint density at radius 2 is 2.03 bits per heavy atom. The highest BCUT2D eigenvalue weighted by Gasteiger charge is 2.17. The van der Waals surface area contributed by atoms with Gasteiger partial charge in [0.15, 0.2) is 5.13 Å². The van der Waals surface area contributed by atoms with Gasteiger partial charge in [0, 0.05) is 25.5 Å². The second-order valence-electron chi connectivity index (χ2n) is 6.98. The summed E-state index contributed by atoms with van der Waals surface area (Å²) in [6, 6.07) is 11.6. The highest BCUT2D eigenvalue weighted by atomic mass is 35.5. The first-order chi connectivity index (χ1) is 15.0. The smallest absolute Gasteiger partial charge is 0.260 e. The number of halogens is 1. The lowest BCUT2D eigenvalue weighted by Gasteiger charge is -2.23. The number of benzene rings is 1. The van der Waals surface area contributed by atoms with E-state index in [2.05, 4.69) is 49.6 Å². The maximum atomic E-state index is 11.2. The molecule has 10 heteroatoms. The van der Waals surface area contributed by atoms with Crippen LogP contribution in [-0.4, -0.2) is 40.5 Å². The number of hydrogen-bond acceptors (Lipinski definition) is 8. The lowest BCUT2D eigenvalue weighted by molar-refractivity contribution is 0.100. The van der Waals surface area contributed by atoms with Crippen LogP contribution in [-0.2, 0) is 0 Å². The number of primary amides is 1. The van der Waals surface area contributed by atoms with Crippen LogP contribution < -0.4 is 21.3 Å². The molecule has 0 atom stereocenters. The molecule has 0 aliphatic carbocycles. The maximum Gasteiger partial charge on any atom is 0.260 e. The zero-order chi connectivity index (χ0) is 21.8. The van der Waals surface area contributed by atoms with Crippen molar-refractivity contribution in [3.63, 3.8) is 0 Å². The van der Waals surface area contributed by atoms with E-state index in [0.29, 0.717) is 15.8 Å². The van der Waals surface area contributed by atoms with E-state index in [1.54, 1.807) is 0 Å². The molecule has 0 radical (unpaired) electrons. The van der Waals surface area contributed by atoms with Gasteiger partial charge >= 0.3 is 0 Å². The molecule has 0 bridgehead atoms. The number of thiazole rings is 1. The molecule has 160 valence electrons. The Bertz CT molecular complexity index is 1100. The van der Waals surface area contributed by atoms with Crippen LogP contribution in [0.15, 0.2) is 55.0 Å². The quantitative estimate of drug-likeness (QED) is 0.472. The summed E-state index contributed by atoms with van der Waals surface area (Å²) in [7, 11) is 0. The largest absolute Gasteiger partial charge is 0.368 e. The van der Waals surface area contributed by atoms with Crippen LogP contribution in [0.1, 0.15) is 15.2 Å². The number of amides is 1. The number of rotatable bonds is 8. The van der Waals surface area contributed by atoms with Crippen LogP contribution in [0.3, 0.4) is 0 Å². The topological polar surface area (TPSA) is 99.4 Å². The minimum absolute atomic E-state index is 0.400. The van der Waals surface area contributed by atoms with Crippen molar-refractivity contribution in [2.24, 2.45) is 5.73 Å². The standard InChI is InChI=1S/C21H22ClN7OS/c1-14-4-2-5-15(22)19(14)29-11-10-28(13-29)9-8-24-17-6-3-7-18(26-17)27-21-25-12-16(31-21)20(23)30/h2-7,10-12H,8-9,13H2,1H3,(H2,23,30)(H2,24,25,26,27). The third-order valence-electron chi connectivity index (χ3n) is 4.70. The van der Waals surface area contributed by atoms with Gasteiger partial charge in [-0.2, -0.15) is 0 Å². The summed E-state index contributed by atoms with van der Waals surface area (Å²) in [6.45, 7) is 4.34. The predicted octanol–water partition coefficient (Wildman–Crippen LogP) is 4.01. The van der Waals surface area contributed by atoms with Crippen molar-refractivity contribution in [1.29, 1.82) is 0 Å². The lowest BCUT2D eigenvalue weighted by Crippen LogP contribution is -2.29. The van der Waals surface area contributed by atoms with Crippen LogP contribution >= 0.6 is 22.9 Å². The van der Waals surface area contributed by atoms with Gasteiger partial charge in [-0.15, -0.1) is 0 Å². The van der Waals surface area contributed by atoms with E-state index in [4.69, 9.17) is 17.3 Å². The molecule has 0 unspecified atom stereocenters. The molecule has 1 aromatic carbocycles. The molecule has 2 aromatic heterocycles. The molecule has 3 aromatic rings. The van der Waals surface area contributed by atoms with E-state index in [1.807, 2.05) is 36.5 Å². The Kier molecular flexibility index (Phi) is 6.24. The first-order valence-corrected chi connectivity index (χ1v) is 10.9. The molecule has 4 rings (SSSR count). The van der Waals surface area contributed by atoms with Gasteiger partial charge in [-0.05, 0) is 30.7 Å². The summed E-state index contributed by atoms with van der Waals surface area (Å²) < 4.78 is 0. The van der Waals surface area contributed by atoms with Crippen molar-refractivity contribution in [2.45, 2.75) is 6.92 Å². The second-order valence-corrected chi connectivity index (χ2v) is 8.42. The third kappa shape index (κ3) is 5.07. The fourth-order valence-corrected chi connectivity index (χ4v) is 4.23. The molecule has 0 fully saturated rings. The van der Waals surface area contributed by atoms with Gasteiger partial charge < -0.3 is 26.2 Å². The number of carbonyl (C=O) groups excluding carboxylic acids is 1. The van der Waals surface area contributed by atoms with Crippen molar-refractivity contribution in [3.05, 3.63) is 70.5 Å². The first kappa shape index (κ1) is 21.0. The number of pyridine rings is 1. The van der Waals surface area contributed by atoms with E-state index >= 15 is 0 Å². The molecule has 8 nitrogen and oxygen atoms in total. The predicted molar refractivity (Wildman–Crippen MR) is 126 cm³/mol. The van der Waals surface area contributed by atoms with Crippen LogP contribution in [0.5, 0.6) is 0 Å². The van der Waals surface area contributed by atoms with Crippen LogP contribution in [0.2, 0.25) is 5.02 Å². The van der Waals surface area contributed by atoms with E-state index in [1.165, 1.54) is 17.5 Å². The number of carbonyl (C=O) groups is 1. The van der Waals surface area contributed by atoms with Gasteiger partial charge in [0.2, 0.25) is 0 Å². The number of nitrogens with zero attached hydrogens (tertiary/aromatic N) is 4. The molecule has 1 aliphatic rings. The molecule has 0 saturated heterocycles. The normalized spacial score (nSPS) is 13.0. The number of aromatic nitrogens is 2. The molecule has 0 saturated carbocycles. The molecule has 1 aliphatic heterocycles. The summed E-state index contributed by atoms with van der Waals surface area (Å²) in [4.78, 5) is 24.6. The van der Waals surface area contributed by atoms with Crippen molar-refractivity contribution in [3.8, 4) is 0 Å². The van der Waals surface area contributed by atoms with E-state index < -0.39 is 5.91 Å². The zero-order valence-electron chi connectivity index (χ0n) is 16.9. The minimum atomic E-state index is -0.492. The van der Waals surface area contributed by atoms with Gasteiger partial charge in [-0.1, -0.05) is 41.1 Å². The molecular formula is C21H22ClN7OS. The Morgan fingerprint density at radius 3 is 2.81 bits per heavy atom. The van der Waals surface area contributed by atoms with Crippen molar-refractivity contribution >= 4 is 51.3 Å². The Labute approximate surface area is 189 Å². The number of nitrogens with one attached hydrogen (secondary N) is 2. The summed E-state index contributed by atoms with van der Waals surface area (Å²) in [6.07, 6.45) is 5.56. The van der Waals surface area contributed by atoms with E-state index in [9.17, 15) is 4.79 Å².